The van der Waals surface area contributed by atoms with Gasteiger partial charge in [-0.05, 0) is 18.6 Å². The van der Waals surface area contributed by atoms with Crippen LogP contribution in [0.3, 0.4) is 0 Å². The predicted molar refractivity (Wildman–Crippen MR) is 127 cm³/mol. The molecule has 4 heterocycles. The first-order valence-electron chi connectivity index (χ1n) is 10.9. The first kappa shape index (κ1) is 22.5. The van der Waals surface area contributed by atoms with Crippen LogP contribution in [0.5, 0.6) is 5.75 Å². The molecule has 0 saturated carbocycles. The molecule has 0 aromatic carbocycles. The summed E-state index contributed by atoms with van der Waals surface area (Å²) in [4.78, 5) is 35.2. The molecule has 33 heavy (non-hydrogen) atoms. The Kier molecular flexibility index (Phi) is 5.92. The van der Waals surface area contributed by atoms with E-state index in [1.165, 1.54) is 0 Å². The fourth-order valence-electron chi connectivity index (χ4n) is 3.78. The number of nitrogens with two attached hydrogens (primary N) is 1. The van der Waals surface area contributed by atoms with Crippen molar-refractivity contribution in [1.29, 1.82) is 0 Å². The maximum Gasteiger partial charge on any atom is 0.223 e. The van der Waals surface area contributed by atoms with Crippen LogP contribution in [-0.2, 0) is 10.2 Å². The molecule has 1 unspecified atom stereocenters. The molecule has 0 bridgehead atoms. The third kappa shape index (κ3) is 4.74. The smallest absolute Gasteiger partial charge is 0.223 e. The number of anilines is 2. The zero-order valence-electron chi connectivity index (χ0n) is 19.6. The van der Waals surface area contributed by atoms with E-state index in [2.05, 4.69) is 41.0 Å². The molecule has 1 fully saturated rings. The van der Waals surface area contributed by atoms with Gasteiger partial charge in [0.25, 0.3) is 0 Å². The Morgan fingerprint density at radius 1 is 1.30 bits per heavy atom. The molecule has 0 aliphatic carbocycles. The van der Waals surface area contributed by atoms with Crippen LogP contribution in [0.15, 0.2) is 24.5 Å². The second-order valence-corrected chi connectivity index (χ2v) is 9.23. The van der Waals surface area contributed by atoms with Crippen LogP contribution in [0.1, 0.15) is 39.9 Å². The lowest BCUT2D eigenvalue weighted by molar-refractivity contribution is -0.127. The maximum absolute atomic E-state index is 11.6. The number of aromatic nitrogens is 5. The minimum atomic E-state index is -0.202. The van der Waals surface area contributed by atoms with Gasteiger partial charge in [-0.2, -0.15) is 0 Å². The number of ether oxygens (including phenoxy) is 1. The highest BCUT2D eigenvalue weighted by molar-refractivity contribution is 5.78. The second kappa shape index (κ2) is 8.68. The van der Waals surface area contributed by atoms with E-state index in [0.717, 1.165) is 30.0 Å². The summed E-state index contributed by atoms with van der Waals surface area (Å²) in [5, 5.41) is 3.36. The van der Waals surface area contributed by atoms with E-state index in [1.54, 1.807) is 26.4 Å². The molecule has 4 rings (SSSR count). The van der Waals surface area contributed by atoms with Crippen molar-refractivity contribution >= 4 is 17.7 Å². The Morgan fingerprint density at radius 3 is 2.76 bits per heavy atom. The molecule has 1 aliphatic rings. The van der Waals surface area contributed by atoms with Gasteiger partial charge in [-0.15, -0.1) is 0 Å². The summed E-state index contributed by atoms with van der Waals surface area (Å²) < 4.78 is 5.36. The fraction of sp³-hybridized carbons (Fsp3) is 0.435. The van der Waals surface area contributed by atoms with Gasteiger partial charge >= 0.3 is 0 Å². The molecule has 4 N–H and O–H groups in total. The summed E-state index contributed by atoms with van der Waals surface area (Å²) in [5.74, 6) is 2.22. The van der Waals surface area contributed by atoms with Crippen molar-refractivity contribution in [1.82, 2.24) is 29.8 Å². The van der Waals surface area contributed by atoms with Crippen LogP contribution in [-0.4, -0.2) is 62.0 Å². The molecule has 10 nitrogen and oxygen atoms in total. The molecule has 3 aromatic rings. The van der Waals surface area contributed by atoms with E-state index in [-0.39, 0.29) is 17.4 Å². The molecule has 1 atom stereocenters. The molecule has 10 heteroatoms. The molecule has 1 saturated heterocycles. The van der Waals surface area contributed by atoms with E-state index in [4.69, 9.17) is 20.4 Å². The number of rotatable bonds is 5. The Hall–Kier alpha value is -3.69. The van der Waals surface area contributed by atoms with E-state index >= 15 is 0 Å². The minimum absolute atomic E-state index is 0.0818. The van der Waals surface area contributed by atoms with Crippen molar-refractivity contribution in [3.8, 4) is 28.4 Å². The number of hydrogen-bond acceptors (Lipinski definition) is 8. The first-order chi connectivity index (χ1) is 15.7. The standard InChI is InChI=1S/C23H30N8O2/c1-13(32)31-9-7-15(12-31)27-22-25-8-6-16(28-22)19-18(29-21(30-19)23(2,3)4)14-10-17(33-5)20(24)26-11-14/h6,8,10-11,15H,7,9,12H2,1-5H3,(H2,24,26)(H,29,30)(H,25,27,28). The van der Waals surface area contributed by atoms with E-state index < -0.39 is 0 Å². The van der Waals surface area contributed by atoms with Crippen molar-refractivity contribution in [3.05, 3.63) is 30.4 Å². The van der Waals surface area contributed by atoms with Crippen LogP contribution >= 0.6 is 0 Å². The maximum atomic E-state index is 11.6. The molecular weight excluding hydrogens is 420 g/mol. The summed E-state index contributed by atoms with van der Waals surface area (Å²) in [5.41, 5.74) is 8.64. The van der Waals surface area contributed by atoms with Crippen LogP contribution in [0, 0.1) is 0 Å². The number of pyridine rings is 1. The fourth-order valence-corrected chi connectivity index (χ4v) is 3.78. The first-order valence-corrected chi connectivity index (χ1v) is 10.9. The van der Waals surface area contributed by atoms with Gasteiger partial charge in [0.15, 0.2) is 11.6 Å². The summed E-state index contributed by atoms with van der Waals surface area (Å²) in [6.45, 7) is 9.24. The van der Waals surface area contributed by atoms with Gasteiger partial charge in [0.1, 0.15) is 5.82 Å². The number of carbonyl (C=O) groups excluding carboxylic acids is 1. The third-order valence-corrected chi connectivity index (χ3v) is 5.67. The van der Waals surface area contributed by atoms with Crippen molar-refractivity contribution in [2.45, 2.75) is 45.6 Å². The van der Waals surface area contributed by atoms with E-state index in [9.17, 15) is 4.79 Å². The van der Waals surface area contributed by atoms with E-state index in [0.29, 0.717) is 35.4 Å². The Balaban J connectivity index is 1.71. The molecule has 1 aliphatic heterocycles. The number of nitrogens with zero attached hydrogens (tertiary/aromatic N) is 5. The van der Waals surface area contributed by atoms with Crippen molar-refractivity contribution < 1.29 is 9.53 Å². The lowest BCUT2D eigenvalue weighted by atomic mass is 9.96. The Morgan fingerprint density at radius 2 is 2.09 bits per heavy atom. The zero-order valence-corrected chi connectivity index (χ0v) is 19.6. The molecule has 174 valence electrons. The van der Waals surface area contributed by atoms with Gasteiger partial charge in [0.2, 0.25) is 11.9 Å². The van der Waals surface area contributed by atoms with Crippen LogP contribution < -0.4 is 15.8 Å². The predicted octanol–water partition coefficient (Wildman–Crippen LogP) is 2.85. The van der Waals surface area contributed by atoms with Crippen LogP contribution in [0.2, 0.25) is 0 Å². The van der Waals surface area contributed by atoms with Gasteiger partial charge in [-0.3, -0.25) is 4.79 Å². The number of aromatic amines is 1. The Labute approximate surface area is 193 Å². The largest absolute Gasteiger partial charge is 0.493 e. The van der Waals surface area contributed by atoms with Gasteiger partial charge in [-0.25, -0.2) is 19.9 Å². The summed E-state index contributed by atoms with van der Waals surface area (Å²) in [6.07, 6.45) is 4.25. The lowest BCUT2D eigenvalue weighted by Crippen LogP contribution is -2.30. The summed E-state index contributed by atoms with van der Waals surface area (Å²) >= 11 is 0. The van der Waals surface area contributed by atoms with Gasteiger partial charge in [0.05, 0.1) is 24.2 Å². The normalized spacial score (nSPS) is 16.2. The highest BCUT2D eigenvalue weighted by Crippen LogP contribution is 2.35. The third-order valence-electron chi connectivity index (χ3n) is 5.67. The van der Waals surface area contributed by atoms with Crippen LogP contribution in [0.25, 0.3) is 22.6 Å². The number of imidazole rings is 1. The SMILES string of the molecule is COc1cc(-c2nc(C(C)(C)C)[nH]c2-c2ccnc(NC3CCN(C(C)=O)C3)n2)cnc1N. The quantitative estimate of drug-likeness (QED) is 0.540. The second-order valence-electron chi connectivity index (χ2n) is 9.23. The topological polar surface area (TPSA) is 135 Å². The highest BCUT2D eigenvalue weighted by atomic mass is 16.5. The van der Waals surface area contributed by atoms with Gasteiger partial charge in [0, 0.05) is 49.4 Å². The lowest BCUT2D eigenvalue weighted by Gasteiger charge is -2.15. The number of methoxy groups -OCH3 is 1. The highest BCUT2D eigenvalue weighted by Gasteiger charge is 2.26. The number of hydrogen-bond donors (Lipinski definition) is 3. The monoisotopic (exact) mass is 450 g/mol. The van der Waals surface area contributed by atoms with Crippen LogP contribution in [0.4, 0.5) is 11.8 Å². The zero-order chi connectivity index (χ0) is 23.8. The number of amides is 1. The van der Waals surface area contributed by atoms with Crippen molar-refractivity contribution in [3.63, 3.8) is 0 Å². The average molecular weight is 451 g/mol. The number of nitrogen functional groups attached to an aromatic ring is 1. The summed E-state index contributed by atoms with van der Waals surface area (Å²) in [6, 6.07) is 3.78. The van der Waals surface area contributed by atoms with Crippen molar-refractivity contribution in [2.24, 2.45) is 0 Å². The van der Waals surface area contributed by atoms with Gasteiger partial charge < -0.3 is 25.7 Å². The average Bonchev–Trinajstić information content (AvgIpc) is 3.42. The molecular formula is C23H30N8O2. The number of likely N-dealkylation sites (tertiary alicyclic amines) is 1. The molecule has 0 radical (unpaired) electrons. The van der Waals surface area contributed by atoms with E-state index in [1.807, 2.05) is 17.0 Å². The number of H-pyrrole nitrogens is 1. The molecule has 1 amide bonds. The molecule has 3 aromatic heterocycles. The summed E-state index contributed by atoms with van der Waals surface area (Å²) in [7, 11) is 1.56. The van der Waals surface area contributed by atoms with Gasteiger partial charge in [-0.1, -0.05) is 20.8 Å². The minimum Gasteiger partial charge on any atom is -0.493 e. The molecule has 0 spiro atoms. The Bertz CT molecular complexity index is 1170. The number of nitrogens with one attached hydrogen (secondary N) is 2. The van der Waals surface area contributed by atoms with Crippen molar-refractivity contribution in [2.75, 3.05) is 31.2 Å². The number of carbonyl (C=O) groups is 1.